The maximum atomic E-state index is 9.43. The molecule has 21 heavy (non-hydrogen) atoms. The van der Waals surface area contributed by atoms with Crippen molar-refractivity contribution in [2.45, 2.75) is 20.5 Å². The molecule has 0 radical (unpaired) electrons. The number of ether oxygens (including phenoxy) is 2. The van der Waals surface area contributed by atoms with Crippen LogP contribution in [0.15, 0.2) is 36.4 Å². The predicted molar refractivity (Wildman–Crippen MR) is 83.1 cm³/mol. The van der Waals surface area contributed by atoms with Gasteiger partial charge in [0.1, 0.15) is 18.1 Å². The van der Waals surface area contributed by atoms with Crippen molar-refractivity contribution in [3.63, 3.8) is 0 Å². The molecular weight excluding hydrogens is 267 g/mol. The van der Waals surface area contributed by atoms with Gasteiger partial charge < -0.3 is 19.5 Å². The Morgan fingerprint density at radius 2 is 1.71 bits per heavy atom. The average Bonchev–Trinajstić information content (AvgIpc) is 2.46. The highest BCUT2D eigenvalue weighted by Gasteiger charge is 2.17. The van der Waals surface area contributed by atoms with Crippen LogP contribution >= 0.6 is 0 Å². The third-order valence-corrected chi connectivity index (χ3v) is 3.41. The van der Waals surface area contributed by atoms with E-state index in [4.69, 9.17) is 9.47 Å². The average molecular weight is 286 g/mol. The molecule has 2 rings (SSSR count). The Morgan fingerprint density at radius 1 is 1.05 bits per heavy atom. The van der Waals surface area contributed by atoms with Crippen LogP contribution in [0.4, 0.5) is 0 Å². The lowest BCUT2D eigenvalue weighted by Crippen LogP contribution is -2.33. The van der Waals surface area contributed by atoms with Crippen LogP contribution in [-0.4, -0.2) is 24.3 Å². The molecule has 0 atom stereocenters. The van der Waals surface area contributed by atoms with Crippen molar-refractivity contribution in [3.8, 4) is 11.5 Å². The quantitative estimate of drug-likeness (QED) is 0.819. The summed E-state index contributed by atoms with van der Waals surface area (Å²) in [6.07, 6.45) is 0. The Balaban J connectivity index is 2.26. The Bertz CT molecular complexity index is 605. The molecule has 110 valence electrons. The summed E-state index contributed by atoms with van der Waals surface area (Å²) in [7, 11) is 0.0352. The van der Waals surface area contributed by atoms with E-state index in [9.17, 15) is 10.0 Å². The molecule has 2 aromatic rings. The zero-order valence-electron chi connectivity index (χ0n) is 12.5. The van der Waals surface area contributed by atoms with Gasteiger partial charge in [-0.25, -0.2) is 0 Å². The zero-order valence-corrected chi connectivity index (χ0v) is 12.5. The van der Waals surface area contributed by atoms with Crippen molar-refractivity contribution in [1.29, 1.82) is 0 Å². The van der Waals surface area contributed by atoms with Crippen molar-refractivity contribution in [2.75, 3.05) is 7.11 Å². The molecule has 0 saturated heterocycles. The lowest BCUT2D eigenvalue weighted by atomic mass is 9.77. The minimum absolute atomic E-state index is 0.246. The van der Waals surface area contributed by atoms with Gasteiger partial charge in [0.2, 0.25) is 0 Å². The first-order valence-electron chi connectivity index (χ1n) is 6.75. The third kappa shape index (κ3) is 3.57. The van der Waals surface area contributed by atoms with Gasteiger partial charge in [-0.05, 0) is 48.1 Å². The van der Waals surface area contributed by atoms with E-state index in [2.05, 4.69) is 0 Å². The monoisotopic (exact) mass is 286 g/mol. The van der Waals surface area contributed by atoms with Crippen molar-refractivity contribution in [3.05, 3.63) is 53.1 Å². The molecule has 0 saturated carbocycles. The van der Waals surface area contributed by atoms with E-state index in [1.54, 1.807) is 25.3 Å². The van der Waals surface area contributed by atoms with E-state index in [-0.39, 0.29) is 6.61 Å². The normalized spacial score (nSPS) is 10.3. The third-order valence-electron chi connectivity index (χ3n) is 3.41. The Hall–Kier alpha value is -1.98. The van der Waals surface area contributed by atoms with Gasteiger partial charge in [0.15, 0.2) is 0 Å². The number of hydrogen-bond donors (Lipinski definition) is 2. The number of rotatable bonds is 5. The molecule has 2 aromatic carbocycles. The fourth-order valence-electron chi connectivity index (χ4n) is 2.26. The second-order valence-electron chi connectivity index (χ2n) is 4.95. The first-order valence-corrected chi connectivity index (χ1v) is 6.75. The second-order valence-corrected chi connectivity index (χ2v) is 4.95. The summed E-state index contributed by atoms with van der Waals surface area (Å²) in [5.74, 6) is 1.47. The molecular formula is C16H19BO4. The molecule has 0 aliphatic heterocycles. The van der Waals surface area contributed by atoms with Crippen LogP contribution in [0.3, 0.4) is 0 Å². The molecule has 0 aliphatic carbocycles. The van der Waals surface area contributed by atoms with Crippen molar-refractivity contribution in [2.24, 2.45) is 0 Å². The summed E-state index contributed by atoms with van der Waals surface area (Å²) in [5, 5.41) is 18.9. The Morgan fingerprint density at radius 3 is 2.29 bits per heavy atom. The maximum absolute atomic E-state index is 9.43. The fourth-order valence-corrected chi connectivity index (χ4v) is 2.26. The van der Waals surface area contributed by atoms with E-state index in [0.29, 0.717) is 16.8 Å². The summed E-state index contributed by atoms with van der Waals surface area (Å²) >= 11 is 0. The van der Waals surface area contributed by atoms with Crippen LogP contribution in [0.2, 0.25) is 0 Å². The number of aryl methyl sites for hydroxylation is 2. The zero-order chi connectivity index (χ0) is 15.4. The van der Waals surface area contributed by atoms with Gasteiger partial charge in [-0.15, -0.1) is 0 Å². The first kappa shape index (κ1) is 15.4. The van der Waals surface area contributed by atoms with Crippen LogP contribution in [0.25, 0.3) is 0 Å². The maximum Gasteiger partial charge on any atom is 0.488 e. The number of hydrogen-bond acceptors (Lipinski definition) is 4. The molecule has 5 heteroatoms. The summed E-state index contributed by atoms with van der Waals surface area (Å²) < 4.78 is 11.0. The van der Waals surface area contributed by atoms with Crippen molar-refractivity contribution < 1.29 is 19.5 Å². The molecule has 0 heterocycles. The standard InChI is InChI=1S/C16H19BO4/c1-11-5-4-6-12(2)16(11)21-10-13-9-14(20-3)7-8-15(13)17(18)19/h4-9,18-19H,10H2,1-3H3. The second kappa shape index (κ2) is 6.65. The van der Waals surface area contributed by atoms with Gasteiger partial charge in [0, 0.05) is 0 Å². The van der Waals surface area contributed by atoms with Crippen LogP contribution in [0.1, 0.15) is 16.7 Å². The number of methoxy groups -OCH3 is 1. The largest absolute Gasteiger partial charge is 0.497 e. The SMILES string of the molecule is COc1ccc(B(O)O)c(COc2c(C)cccc2C)c1. The number of para-hydroxylation sites is 1. The summed E-state index contributed by atoms with van der Waals surface area (Å²) in [6, 6.07) is 11.0. The van der Waals surface area contributed by atoms with Crippen LogP contribution in [0.5, 0.6) is 11.5 Å². The van der Waals surface area contributed by atoms with Crippen molar-refractivity contribution in [1.82, 2.24) is 0 Å². The van der Waals surface area contributed by atoms with Gasteiger partial charge in [-0.3, -0.25) is 0 Å². The Kier molecular flexibility index (Phi) is 4.88. The molecule has 0 unspecified atom stereocenters. The van der Waals surface area contributed by atoms with Gasteiger partial charge in [-0.2, -0.15) is 0 Å². The van der Waals surface area contributed by atoms with Gasteiger partial charge in [-0.1, -0.05) is 24.3 Å². The minimum Gasteiger partial charge on any atom is -0.497 e. The molecule has 0 amide bonds. The van der Waals surface area contributed by atoms with Gasteiger partial charge >= 0.3 is 7.12 Å². The first-order chi connectivity index (χ1) is 10.0. The minimum atomic E-state index is -1.53. The lowest BCUT2D eigenvalue weighted by Gasteiger charge is -2.15. The highest BCUT2D eigenvalue weighted by molar-refractivity contribution is 6.59. The van der Waals surface area contributed by atoms with Gasteiger partial charge in [0.05, 0.1) is 7.11 Å². The number of benzene rings is 2. The molecule has 0 aromatic heterocycles. The summed E-state index contributed by atoms with van der Waals surface area (Å²) in [4.78, 5) is 0. The summed E-state index contributed by atoms with van der Waals surface area (Å²) in [6.45, 7) is 4.21. The molecule has 0 spiro atoms. The molecule has 2 N–H and O–H groups in total. The van der Waals surface area contributed by atoms with Crippen LogP contribution < -0.4 is 14.9 Å². The fraction of sp³-hybridized carbons (Fsp3) is 0.250. The van der Waals surface area contributed by atoms with Crippen LogP contribution in [-0.2, 0) is 6.61 Å². The summed E-state index contributed by atoms with van der Waals surface area (Å²) in [5.41, 5.74) is 3.20. The highest BCUT2D eigenvalue weighted by atomic mass is 16.5. The molecule has 4 nitrogen and oxygen atoms in total. The Labute approximate surface area is 125 Å². The van der Waals surface area contributed by atoms with E-state index in [1.165, 1.54) is 0 Å². The smallest absolute Gasteiger partial charge is 0.488 e. The predicted octanol–water partition coefficient (Wildman–Crippen LogP) is 1.57. The van der Waals surface area contributed by atoms with E-state index < -0.39 is 7.12 Å². The van der Waals surface area contributed by atoms with E-state index >= 15 is 0 Å². The van der Waals surface area contributed by atoms with E-state index in [0.717, 1.165) is 16.9 Å². The molecule has 0 fully saturated rings. The van der Waals surface area contributed by atoms with Gasteiger partial charge in [0.25, 0.3) is 0 Å². The van der Waals surface area contributed by atoms with Crippen LogP contribution in [0, 0.1) is 13.8 Å². The van der Waals surface area contributed by atoms with Crippen molar-refractivity contribution >= 4 is 12.6 Å². The van der Waals surface area contributed by atoms with E-state index in [1.807, 2.05) is 32.0 Å². The topological polar surface area (TPSA) is 58.9 Å². The molecule has 0 aliphatic rings. The lowest BCUT2D eigenvalue weighted by molar-refractivity contribution is 0.301. The highest BCUT2D eigenvalue weighted by Crippen LogP contribution is 2.23. The molecule has 0 bridgehead atoms.